The molecule has 0 saturated heterocycles. The lowest BCUT2D eigenvalue weighted by atomic mass is 10.1. The molecule has 0 unspecified atom stereocenters. The Morgan fingerprint density at radius 3 is 2.50 bits per heavy atom. The largest absolute Gasteiger partial charge is 0.493 e. The molecule has 0 saturated carbocycles. The molecule has 0 aromatic heterocycles. The summed E-state index contributed by atoms with van der Waals surface area (Å²) in [6.45, 7) is 0.492. The Labute approximate surface area is 94.5 Å². The third-order valence-electron chi connectivity index (χ3n) is 2.08. The molecule has 5 nitrogen and oxygen atoms in total. The molecular weight excluding hydrogens is 208 g/mol. The standard InChI is InChI=1S/C11H14N2O3/c1-14-10-5-8(7-13-16-3)4-9(6-12)11(10)15-2/h4-5,13H,7H2,1-3H3. The van der Waals surface area contributed by atoms with Gasteiger partial charge in [-0.1, -0.05) is 0 Å². The zero-order chi connectivity index (χ0) is 12.0. The number of hydrogen-bond donors (Lipinski definition) is 1. The maximum Gasteiger partial charge on any atom is 0.178 e. The zero-order valence-electron chi connectivity index (χ0n) is 9.53. The minimum absolute atomic E-state index is 0.440. The quantitative estimate of drug-likeness (QED) is 0.759. The van der Waals surface area contributed by atoms with Gasteiger partial charge in [0.2, 0.25) is 0 Å². The van der Waals surface area contributed by atoms with Crippen molar-refractivity contribution in [2.45, 2.75) is 6.54 Å². The maximum atomic E-state index is 8.98. The van der Waals surface area contributed by atoms with Gasteiger partial charge in [-0.2, -0.15) is 10.7 Å². The number of hydrogen-bond acceptors (Lipinski definition) is 5. The van der Waals surface area contributed by atoms with Crippen molar-refractivity contribution in [2.75, 3.05) is 21.3 Å². The number of rotatable bonds is 5. The van der Waals surface area contributed by atoms with E-state index in [1.165, 1.54) is 21.3 Å². The van der Waals surface area contributed by atoms with E-state index in [-0.39, 0.29) is 0 Å². The van der Waals surface area contributed by atoms with Gasteiger partial charge in [0.25, 0.3) is 0 Å². The second-order valence-corrected chi connectivity index (χ2v) is 3.02. The Bertz CT molecular complexity index is 399. The summed E-state index contributed by atoms with van der Waals surface area (Å²) in [5.74, 6) is 0.987. The fourth-order valence-corrected chi connectivity index (χ4v) is 1.36. The summed E-state index contributed by atoms with van der Waals surface area (Å²) < 4.78 is 10.3. The van der Waals surface area contributed by atoms with E-state index in [9.17, 15) is 0 Å². The Balaban J connectivity index is 3.11. The highest BCUT2D eigenvalue weighted by atomic mass is 16.6. The molecule has 1 N–H and O–H groups in total. The highest BCUT2D eigenvalue weighted by Crippen LogP contribution is 2.31. The van der Waals surface area contributed by atoms with Gasteiger partial charge in [0.15, 0.2) is 11.5 Å². The minimum atomic E-state index is 0.440. The van der Waals surface area contributed by atoms with Gasteiger partial charge >= 0.3 is 0 Å². The number of methoxy groups -OCH3 is 2. The van der Waals surface area contributed by atoms with Crippen LogP contribution in [-0.2, 0) is 11.4 Å². The Morgan fingerprint density at radius 1 is 1.25 bits per heavy atom. The third-order valence-corrected chi connectivity index (χ3v) is 2.08. The summed E-state index contributed by atoms with van der Waals surface area (Å²) in [6, 6.07) is 5.59. The van der Waals surface area contributed by atoms with Gasteiger partial charge in [-0.25, -0.2) is 0 Å². The molecule has 1 rings (SSSR count). The summed E-state index contributed by atoms with van der Waals surface area (Å²) >= 11 is 0. The van der Waals surface area contributed by atoms with Crippen LogP contribution in [0.1, 0.15) is 11.1 Å². The molecule has 1 aromatic rings. The van der Waals surface area contributed by atoms with E-state index in [1.807, 2.05) is 0 Å². The van der Waals surface area contributed by atoms with E-state index in [4.69, 9.17) is 19.6 Å². The van der Waals surface area contributed by atoms with E-state index < -0.39 is 0 Å². The van der Waals surface area contributed by atoms with Crippen molar-refractivity contribution in [3.63, 3.8) is 0 Å². The second kappa shape index (κ2) is 5.95. The predicted octanol–water partition coefficient (Wildman–Crippen LogP) is 1.23. The van der Waals surface area contributed by atoms with Gasteiger partial charge in [-0.05, 0) is 17.7 Å². The Hall–Kier alpha value is -1.77. The summed E-state index contributed by atoms with van der Waals surface area (Å²) in [5.41, 5.74) is 4.02. The van der Waals surface area contributed by atoms with E-state index >= 15 is 0 Å². The number of ether oxygens (including phenoxy) is 2. The number of nitrogens with one attached hydrogen (secondary N) is 1. The molecule has 16 heavy (non-hydrogen) atoms. The van der Waals surface area contributed by atoms with Crippen molar-refractivity contribution < 1.29 is 14.3 Å². The number of benzene rings is 1. The van der Waals surface area contributed by atoms with Crippen LogP contribution in [0.3, 0.4) is 0 Å². The number of hydroxylamine groups is 1. The van der Waals surface area contributed by atoms with E-state index in [0.717, 1.165) is 5.56 Å². The van der Waals surface area contributed by atoms with Gasteiger partial charge in [0.1, 0.15) is 6.07 Å². The van der Waals surface area contributed by atoms with Crippen molar-refractivity contribution in [3.8, 4) is 17.6 Å². The van der Waals surface area contributed by atoms with Crippen LogP contribution < -0.4 is 15.0 Å². The van der Waals surface area contributed by atoms with E-state index in [1.54, 1.807) is 12.1 Å². The fraction of sp³-hybridized carbons (Fsp3) is 0.364. The van der Waals surface area contributed by atoms with Crippen molar-refractivity contribution in [3.05, 3.63) is 23.3 Å². The normalized spacial score (nSPS) is 9.62. The first-order valence-corrected chi connectivity index (χ1v) is 4.67. The van der Waals surface area contributed by atoms with Crippen LogP contribution in [0.5, 0.6) is 11.5 Å². The van der Waals surface area contributed by atoms with E-state index in [2.05, 4.69) is 11.5 Å². The molecule has 0 bridgehead atoms. The maximum absolute atomic E-state index is 8.98. The topological polar surface area (TPSA) is 63.5 Å². The average Bonchev–Trinajstić information content (AvgIpc) is 2.34. The summed E-state index contributed by atoms with van der Waals surface area (Å²) in [7, 11) is 4.57. The number of nitrogens with zero attached hydrogens (tertiary/aromatic N) is 1. The lowest BCUT2D eigenvalue weighted by molar-refractivity contribution is 0.0866. The SMILES string of the molecule is CONCc1cc(C#N)c(OC)c(OC)c1. The first-order chi connectivity index (χ1) is 7.76. The minimum Gasteiger partial charge on any atom is -0.493 e. The van der Waals surface area contributed by atoms with E-state index in [0.29, 0.717) is 23.6 Å². The smallest absolute Gasteiger partial charge is 0.178 e. The molecule has 0 heterocycles. The molecule has 0 spiro atoms. The highest BCUT2D eigenvalue weighted by molar-refractivity contribution is 5.54. The number of nitriles is 1. The molecule has 0 aliphatic heterocycles. The van der Waals surface area contributed by atoms with Crippen molar-refractivity contribution in [1.29, 1.82) is 5.26 Å². The first kappa shape index (κ1) is 12.3. The van der Waals surface area contributed by atoms with Crippen LogP contribution in [-0.4, -0.2) is 21.3 Å². The van der Waals surface area contributed by atoms with Gasteiger partial charge in [0, 0.05) is 6.54 Å². The second-order valence-electron chi connectivity index (χ2n) is 3.02. The van der Waals surface area contributed by atoms with Gasteiger partial charge in [-0.15, -0.1) is 0 Å². The van der Waals surface area contributed by atoms with Gasteiger partial charge in [-0.3, -0.25) is 0 Å². The summed E-state index contributed by atoms with van der Waals surface area (Å²) in [5, 5.41) is 8.98. The molecule has 0 radical (unpaired) electrons. The van der Waals surface area contributed by atoms with Crippen LogP contribution >= 0.6 is 0 Å². The molecule has 0 fully saturated rings. The van der Waals surface area contributed by atoms with Crippen LogP contribution in [0.2, 0.25) is 0 Å². The molecule has 5 heteroatoms. The molecule has 0 amide bonds. The Morgan fingerprint density at radius 2 is 2.00 bits per heavy atom. The summed E-state index contributed by atoms with van der Waals surface area (Å²) in [6.07, 6.45) is 0. The lowest BCUT2D eigenvalue weighted by Crippen LogP contribution is -2.11. The molecule has 1 aromatic carbocycles. The van der Waals surface area contributed by atoms with Gasteiger partial charge < -0.3 is 14.3 Å². The molecule has 0 aliphatic rings. The molecule has 0 atom stereocenters. The predicted molar refractivity (Wildman–Crippen MR) is 58.1 cm³/mol. The average molecular weight is 222 g/mol. The monoisotopic (exact) mass is 222 g/mol. The molecular formula is C11H14N2O3. The molecule has 86 valence electrons. The summed E-state index contributed by atoms with van der Waals surface area (Å²) in [4.78, 5) is 4.74. The fourth-order valence-electron chi connectivity index (χ4n) is 1.36. The first-order valence-electron chi connectivity index (χ1n) is 4.67. The van der Waals surface area contributed by atoms with Gasteiger partial charge in [0.05, 0.1) is 26.9 Å². The van der Waals surface area contributed by atoms with Crippen LogP contribution in [0.15, 0.2) is 12.1 Å². The van der Waals surface area contributed by atoms with Crippen LogP contribution in [0.4, 0.5) is 0 Å². The van der Waals surface area contributed by atoms with Crippen molar-refractivity contribution in [1.82, 2.24) is 5.48 Å². The third kappa shape index (κ3) is 2.63. The lowest BCUT2D eigenvalue weighted by Gasteiger charge is -2.11. The van der Waals surface area contributed by atoms with Crippen molar-refractivity contribution >= 4 is 0 Å². The van der Waals surface area contributed by atoms with Crippen LogP contribution in [0.25, 0.3) is 0 Å². The van der Waals surface area contributed by atoms with Crippen LogP contribution in [0, 0.1) is 11.3 Å². The molecule has 0 aliphatic carbocycles. The zero-order valence-corrected chi connectivity index (χ0v) is 9.53. The highest BCUT2D eigenvalue weighted by Gasteiger charge is 2.11. The van der Waals surface area contributed by atoms with Crippen molar-refractivity contribution in [2.24, 2.45) is 0 Å². The Kier molecular flexibility index (Phi) is 4.58.